The van der Waals surface area contributed by atoms with Crippen molar-refractivity contribution in [1.29, 1.82) is 0 Å². The van der Waals surface area contributed by atoms with Gasteiger partial charge in [0.05, 0.1) is 14.2 Å². The molecule has 3 aromatic rings. The summed E-state index contributed by atoms with van der Waals surface area (Å²) >= 11 is 1.39. The largest absolute Gasteiger partial charge is 0.497 e. The zero-order chi connectivity index (χ0) is 24.6. The summed E-state index contributed by atoms with van der Waals surface area (Å²) in [5, 5.41) is 8.63. The van der Waals surface area contributed by atoms with Crippen LogP contribution < -0.4 is 24.8 Å². The lowest BCUT2D eigenvalue weighted by Crippen LogP contribution is -2.43. The lowest BCUT2D eigenvalue weighted by atomic mass is 9.91. The van der Waals surface area contributed by atoms with Gasteiger partial charge in [0.25, 0.3) is 11.8 Å². The lowest BCUT2D eigenvalue weighted by Gasteiger charge is -2.29. The first kappa shape index (κ1) is 24.5. The van der Waals surface area contributed by atoms with Crippen LogP contribution in [-0.4, -0.2) is 43.1 Å². The molecule has 2 N–H and O–H groups in total. The van der Waals surface area contributed by atoms with Crippen molar-refractivity contribution in [2.24, 2.45) is 0 Å². The molecule has 1 fully saturated rings. The second-order valence-corrected chi connectivity index (χ2v) is 9.23. The van der Waals surface area contributed by atoms with Crippen LogP contribution in [0.3, 0.4) is 0 Å². The van der Waals surface area contributed by atoms with Crippen molar-refractivity contribution >= 4 is 23.2 Å². The molecular weight excluding hydrogens is 466 g/mol. The van der Waals surface area contributed by atoms with Gasteiger partial charge in [-0.1, -0.05) is 12.1 Å². The highest BCUT2D eigenvalue weighted by Crippen LogP contribution is 2.27. The third kappa shape index (κ3) is 6.51. The summed E-state index contributed by atoms with van der Waals surface area (Å²) in [5.74, 6) is 1.72. The number of methoxy groups -OCH3 is 2. The number of nitrogens with zero attached hydrogens (tertiary/aromatic N) is 1. The summed E-state index contributed by atoms with van der Waals surface area (Å²) < 4.78 is 16.2. The average Bonchev–Trinajstić information content (AvgIpc) is 3.38. The number of carbonyl (C=O) groups excluding carboxylic acids is 2. The average molecular weight is 496 g/mol. The Balaban J connectivity index is 1.22. The van der Waals surface area contributed by atoms with E-state index in [0.29, 0.717) is 33.5 Å². The Morgan fingerprint density at radius 1 is 0.886 bits per heavy atom. The summed E-state index contributed by atoms with van der Waals surface area (Å²) in [6.45, 7) is 0.261. The van der Waals surface area contributed by atoms with Crippen molar-refractivity contribution in [3.63, 3.8) is 0 Å². The highest BCUT2D eigenvalue weighted by atomic mass is 32.1. The molecule has 0 unspecified atom stereocenters. The first-order valence-electron chi connectivity index (χ1n) is 11.5. The number of amides is 2. The number of aromatic nitrogens is 1. The van der Waals surface area contributed by atoms with Gasteiger partial charge < -0.3 is 24.8 Å². The molecule has 9 heteroatoms. The van der Waals surface area contributed by atoms with Crippen LogP contribution in [-0.2, 0) is 6.61 Å². The number of thiazole rings is 1. The molecule has 1 aliphatic rings. The summed E-state index contributed by atoms with van der Waals surface area (Å²) in [6, 6.07) is 14.6. The Morgan fingerprint density at radius 3 is 2.14 bits per heavy atom. The molecule has 0 atom stereocenters. The van der Waals surface area contributed by atoms with E-state index in [2.05, 4.69) is 15.6 Å². The highest BCUT2D eigenvalue weighted by molar-refractivity contribution is 7.09. The van der Waals surface area contributed by atoms with Crippen molar-refractivity contribution in [1.82, 2.24) is 15.6 Å². The van der Waals surface area contributed by atoms with Gasteiger partial charge in [-0.15, -0.1) is 11.3 Å². The Kier molecular flexibility index (Phi) is 8.20. The van der Waals surface area contributed by atoms with Gasteiger partial charge in [0, 0.05) is 23.0 Å². The fourth-order valence-corrected chi connectivity index (χ4v) is 4.70. The van der Waals surface area contributed by atoms with Crippen LogP contribution in [0.1, 0.15) is 51.5 Å². The van der Waals surface area contributed by atoms with E-state index in [1.807, 2.05) is 24.3 Å². The second kappa shape index (κ2) is 11.7. The molecule has 35 heavy (non-hydrogen) atoms. The highest BCUT2D eigenvalue weighted by Gasteiger charge is 2.25. The molecule has 0 bridgehead atoms. The Morgan fingerprint density at radius 2 is 1.51 bits per heavy atom. The maximum Gasteiger partial charge on any atom is 0.270 e. The quantitative estimate of drug-likeness (QED) is 0.461. The van der Waals surface area contributed by atoms with E-state index >= 15 is 0 Å². The zero-order valence-electron chi connectivity index (χ0n) is 19.8. The Bertz CT molecular complexity index is 1140. The molecule has 0 radical (unpaired) electrons. The molecule has 8 nitrogen and oxygen atoms in total. The summed E-state index contributed by atoms with van der Waals surface area (Å²) in [6.07, 6.45) is 3.21. The zero-order valence-corrected chi connectivity index (χ0v) is 20.6. The summed E-state index contributed by atoms with van der Waals surface area (Å²) in [7, 11) is 3.19. The minimum Gasteiger partial charge on any atom is -0.497 e. The molecule has 1 aromatic heterocycles. The molecule has 2 amide bonds. The number of rotatable bonds is 9. The summed E-state index contributed by atoms with van der Waals surface area (Å²) in [5.41, 5.74) is 0.999. The molecule has 1 heterocycles. The van der Waals surface area contributed by atoms with Crippen molar-refractivity contribution in [2.75, 3.05) is 14.2 Å². The molecule has 2 aromatic carbocycles. The second-order valence-electron chi connectivity index (χ2n) is 8.29. The number of ether oxygens (including phenoxy) is 3. The first-order chi connectivity index (χ1) is 17.1. The van der Waals surface area contributed by atoms with Gasteiger partial charge in [-0.05, 0) is 62.1 Å². The van der Waals surface area contributed by atoms with E-state index < -0.39 is 0 Å². The Hall–Kier alpha value is -3.59. The third-order valence-electron chi connectivity index (χ3n) is 5.95. The number of nitrogens with one attached hydrogen (secondary N) is 2. The van der Waals surface area contributed by atoms with Crippen molar-refractivity contribution in [3.8, 4) is 17.2 Å². The molecule has 1 saturated carbocycles. The van der Waals surface area contributed by atoms with Gasteiger partial charge in [-0.3, -0.25) is 9.59 Å². The van der Waals surface area contributed by atoms with Crippen molar-refractivity contribution in [2.45, 2.75) is 44.4 Å². The minimum absolute atomic E-state index is 0.0617. The van der Waals surface area contributed by atoms with Crippen LogP contribution in [0.2, 0.25) is 0 Å². The predicted octanol–water partition coefficient (Wildman–Crippen LogP) is 4.21. The standard InChI is InChI=1S/C26H29N3O5S/c1-32-20-13-7-17(8-14-20)25(30)27-18-9-11-19(12-10-18)28-26(31)21-16-35-24(29-21)15-34-23-6-4-3-5-22(23)33-2/h3-8,13-14,16,18-19H,9-12,15H2,1-2H3,(H,27,30)(H,28,31). The topological polar surface area (TPSA) is 98.8 Å². The predicted molar refractivity (Wildman–Crippen MR) is 133 cm³/mol. The molecular formula is C26H29N3O5S. The van der Waals surface area contributed by atoms with Crippen LogP contribution in [0.15, 0.2) is 53.9 Å². The van der Waals surface area contributed by atoms with Gasteiger partial charge in [0.1, 0.15) is 23.1 Å². The monoisotopic (exact) mass is 495 g/mol. The number of hydrogen-bond donors (Lipinski definition) is 2. The van der Waals surface area contributed by atoms with E-state index in [4.69, 9.17) is 14.2 Å². The van der Waals surface area contributed by atoms with Crippen molar-refractivity contribution in [3.05, 3.63) is 70.2 Å². The van der Waals surface area contributed by atoms with E-state index in [1.165, 1.54) is 11.3 Å². The lowest BCUT2D eigenvalue weighted by molar-refractivity contribution is 0.0889. The first-order valence-corrected chi connectivity index (χ1v) is 12.4. The van der Waals surface area contributed by atoms with E-state index in [-0.39, 0.29) is 30.5 Å². The van der Waals surface area contributed by atoms with Gasteiger partial charge in [-0.25, -0.2) is 4.98 Å². The fraction of sp³-hybridized carbons (Fsp3) is 0.346. The van der Waals surface area contributed by atoms with E-state index in [1.54, 1.807) is 43.9 Å². The van der Waals surface area contributed by atoms with Crippen molar-refractivity contribution < 1.29 is 23.8 Å². The molecule has 184 valence electrons. The molecule has 0 saturated heterocycles. The molecule has 0 aliphatic heterocycles. The number of carbonyl (C=O) groups is 2. The number of para-hydroxylation sites is 2. The Labute approximate surface area is 208 Å². The fourth-order valence-electron chi connectivity index (χ4n) is 4.01. The van der Waals surface area contributed by atoms with Crippen LogP contribution in [0.25, 0.3) is 0 Å². The third-order valence-corrected chi connectivity index (χ3v) is 6.78. The SMILES string of the molecule is COc1ccc(C(=O)NC2CCC(NC(=O)c3csc(COc4ccccc4OC)n3)CC2)cc1. The van der Waals surface area contributed by atoms with E-state index in [9.17, 15) is 9.59 Å². The maximum atomic E-state index is 12.7. The van der Waals surface area contributed by atoms with Gasteiger partial charge >= 0.3 is 0 Å². The van der Waals surface area contributed by atoms with Gasteiger partial charge in [-0.2, -0.15) is 0 Å². The number of hydrogen-bond acceptors (Lipinski definition) is 7. The molecule has 4 rings (SSSR count). The smallest absolute Gasteiger partial charge is 0.270 e. The van der Waals surface area contributed by atoms with Crippen LogP contribution >= 0.6 is 11.3 Å². The number of benzene rings is 2. The van der Waals surface area contributed by atoms with Gasteiger partial charge in [0.2, 0.25) is 0 Å². The van der Waals surface area contributed by atoms with Crippen LogP contribution in [0, 0.1) is 0 Å². The normalized spacial score (nSPS) is 17.3. The maximum absolute atomic E-state index is 12.7. The van der Waals surface area contributed by atoms with E-state index in [0.717, 1.165) is 25.7 Å². The van der Waals surface area contributed by atoms with Gasteiger partial charge in [0.15, 0.2) is 11.5 Å². The minimum atomic E-state index is -0.185. The molecule has 1 aliphatic carbocycles. The molecule has 0 spiro atoms. The van der Waals surface area contributed by atoms with Crippen LogP contribution in [0.5, 0.6) is 17.2 Å². The summed E-state index contributed by atoms with van der Waals surface area (Å²) in [4.78, 5) is 29.6. The van der Waals surface area contributed by atoms with Crippen LogP contribution in [0.4, 0.5) is 0 Å².